The van der Waals surface area contributed by atoms with Crippen molar-refractivity contribution in [2.45, 2.75) is 33.2 Å². The molecule has 1 N–H and O–H groups in total. The molecule has 8 heteroatoms. The summed E-state index contributed by atoms with van der Waals surface area (Å²) in [6.45, 7) is 7.92. The van der Waals surface area contributed by atoms with E-state index in [4.69, 9.17) is 19.2 Å². The number of nitrogens with one attached hydrogen (secondary N) is 1. The number of carbonyl (C=O) groups is 1. The monoisotopic (exact) mass is 392 g/mol. The Hall–Kier alpha value is -2.35. The van der Waals surface area contributed by atoms with Crippen molar-refractivity contribution >= 4 is 11.9 Å². The maximum Gasteiger partial charge on any atom is 0.310 e. The van der Waals surface area contributed by atoms with Gasteiger partial charge in [-0.1, -0.05) is 6.07 Å². The number of ether oxygens (including phenoxy) is 3. The van der Waals surface area contributed by atoms with Crippen LogP contribution in [0.4, 0.5) is 0 Å². The van der Waals surface area contributed by atoms with Crippen LogP contribution >= 0.6 is 0 Å². The van der Waals surface area contributed by atoms with Crippen LogP contribution in [0.5, 0.6) is 5.88 Å². The minimum absolute atomic E-state index is 0.108. The summed E-state index contributed by atoms with van der Waals surface area (Å²) in [7, 11) is 1.64. The number of hydrogen-bond acceptors (Lipinski definition) is 6. The first kappa shape index (κ1) is 21.9. The highest BCUT2D eigenvalue weighted by molar-refractivity contribution is 5.81. The predicted octanol–water partition coefficient (Wildman–Crippen LogP) is 1.85. The number of aliphatic imine (C=N–C) groups is 1. The van der Waals surface area contributed by atoms with E-state index in [0.29, 0.717) is 38.8 Å². The molecule has 0 amide bonds. The van der Waals surface area contributed by atoms with E-state index in [2.05, 4.69) is 15.2 Å². The van der Waals surface area contributed by atoms with E-state index in [1.165, 1.54) is 0 Å². The second-order valence-corrected chi connectivity index (χ2v) is 6.52. The van der Waals surface area contributed by atoms with Gasteiger partial charge in [0.1, 0.15) is 6.61 Å². The van der Waals surface area contributed by atoms with Crippen LogP contribution in [0.15, 0.2) is 23.3 Å². The van der Waals surface area contributed by atoms with Crippen LogP contribution < -0.4 is 10.1 Å². The smallest absolute Gasteiger partial charge is 0.310 e. The minimum Gasteiger partial charge on any atom is -0.475 e. The molecule has 2 heterocycles. The van der Waals surface area contributed by atoms with Crippen LogP contribution in [0.1, 0.15) is 32.3 Å². The van der Waals surface area contributed by atoms with Gasteiger partial charge in [-0.3, -0.25) is 4.79 Å². The molecule has 1 saturated heterocycles. The number of methoxy groups -OCH3 is 1. The Morgan fingerprint density at radius 3 is 3.00 bits per heavy atom. The summed E-state index contributed by atoms with van der Waals surface area (Å²) in [5.74, 6) is 1.14. The van der Waals surface area contributed by atoms with E-state index in [0.717, 1.165) is 37.5 Å². The molecule has 1 unspecified atom stereocenters. The van der Waals surface area contributed by atoms with Gasteiger partial charge in [0.2, 0.25) is 5.88 Å². The Labute approximate surface area is 167 Å². The molecule has 0 bridgehead atoms. The fraction of sp³-hybridized carbons (Fsp3) is 0.650. The molecule has 28 heavy (non-hydrogen) atoms. The van der Waals surface area contributed by atoms with Crippen molar-refractivity contribution in [3.05, 3.63) is 23.9 Å². The molecule has 2 rings (SSSR count). The molecular weight excluding hydrogens is 360 g/mol. The number of carbonyl (C=O) groups excluding carboxylic acids is 1. The first-order valence-corrected chi connectivity index (χ1v) is 9.95. The molecule has 156 valence electrons. The second-order valence-electron chi connectivity index (χ2n) is 6.52. The number of hydrogen-bond donors (Lipinski definition) is 1. The highest BCUT2D eigenvalue weighted by atomic mass is 16.5. The zero-order valence-corrected chi connectivity index (χ0v) is 17.1. The number of pyridine rings is 1. The average Bonchev–Trinajstić information content (AvgIpc) is 2.72. The van der Waals surface area contributed by atoms with Crippen LogP contribution in [-0.2, 0) is 20.8 Å². The third kappa shape index (κ3) is 6.67. The number of likely N-dealkylation sites (tertiary alicyclic amines) is 1. The number of esters is 1. The molecule has 0 radical (unpaired) electrons. The van der Waals surface area contributed by atoms with Crippen molar-refractivity contribution in [1.82, 2.24) is 15.2 Å². The maximum absolute atomic E-state index is 12.1. The lowest BCUT2D eigenvalue weighted by molar-refractivity contribution is -0.149. The molecule has 1 aromatic rings. The number of nitrogens with zero attached hydrogens (tertiary/aromatic N) is 3. The van der Waals surface area contributed by atoms with Gasteiger partial charge in [0.05, 0.1) is 25.7 Å². The lowest BCUT2D eigenvalue weighted by Crippen LogP contribution is -2.48. The quantitative estimate of drug-likeness (QED) is 0.297. The fourth-order valence-electron chi connectivity index (χ4n) is 3.10. The largest absolute Gasteiger partial charge is 0.475 e. The van der Waals surface area contributed by atoms with E-state index in [9.17, 15) is 4.79 Å². The van der Waals surface area contributed by atoms with Gasteiger partial charge in [-0.05, 0) is 32.8 Å². The minimum atomic E-state index is -0.121. The van der Waals surface area contributed by atoms with Crippen molar-refractivity contribution in [2.24, 2.45) is 10.9 Å². The molecule has 0 aliphatic carbocycles. The molecule has 8 nitrogen and oxygen atoms in total. The average molecular weight is 393 g/mol. The summed E-state index contributed by atoms with van der Waals surface area (Å²) < 4.78 is 15.9. The highest BCUT2D eigenvalue weighted by Gasteiger charge is 2.28. The summed E-state index contributed by atoms with van der Waals surface area (Å²) in [4.78, 5) is 23.3. The zero-order chi connectivity index (χ0) is 20.2. The Morgan fingerprint density at radius 1 is 1.39 bits per heavy atom. The van der Waals surface area contributed by atoms with E-state index in [1.807, 2.05) is 26.0 Å². The molecule has 0 saturated carbocycles. The third-order valence-electron chi connectivity index (χ3n) is 4.45. The SMILES string of the molecule is CCNC(=NCc1cccnc1OCCOC)N1CCCC(C(=O)OCC)C1. The van der Waals surface area contributed by atoms with Gasteiger partial charge in [-0.2, -0.15) is 0 Å². The second kappa shape index (κ2) is 12.2. The van der Waals surface area contributed by atoms with Crippen molar-refractivity contribution in [1.29, 1.82) is 0 Å². The van der Waals surface area contributed by atoms with Crippen molar-refractivity contribution in [3.8, 4) is 5.88 Å². The number of piperidine rings is 1. The summed E-state index contributed by atoms with van der Waals surface area (Å²) in [6.07, 6.45) is 3.50. The molecular formula is C20H32N4O4. The van der Waals surface area contributed by atoms with Crippen LogP contribution in [0, 0.1) is 5.92 Å². The molecule has 1 aromatic heterocycles. The molecule has 1 aliphatic heterocycles. The van der Waals surface area contributed by atoms with E-state index in [-0.39, 0.29) is 11.9 Å². The van der Waals surface area contributed by atoms with Crippen LogP contribution in [0.2, 0.25) is 0 Å². The van der Waals surface area contributed by atoms with Gasteiger partial charge in [0.15, 0.2) is 5.96 Å². The molecule has 1 fully saturated rings. The van der Waals surface area contributed by atoms with Gasteiger partial charge in [-0.15, -0.1) is 0 Å². The van der Waals surface area contributed by atoms with Gasteiger partial charge in [0, 0.05) is 38.5 Å². The molecule has 1 atom stereocenters. The lowest BCUT2D eigenvalue weighted by Gasteiger charge is -2.34. The Bertz CT molecular complexity index is 638. The zero-order valence-electron chi connectivity index (χ0n) is 17.1. The number of aromatic nitrogens is 1. The van der Waals surface area contributed by atoms with Crippen molar-refractivity contribution in [3.63, 3.8) is 0 Å². The van der Waals surface area contributed by atoms with Crippen LogP contribution in [0.3, 0.4) is 0 Å². The van der Waals surface area contributed by atoms with Crippen LogP contribution in [0.25, 0.3) is 0 Å². The molecule has 0 spiro atoms. The van der Waals surface area contributed by atoms with E-state index >= 15 is 0 Å². The van der Waals surface area contributed by atoms with Crippen molar-refractivity contribution in [2.75, 3.05) is 46.6 Å². The van der Waals surface area contributed by atoms with E-state index < -0.39 is 0 Å². The van der Waals surface area contributed by atoms with Gasteiger partial charge in [-0.25, -0.2) is 9.98 Å². The first-order valence-electron chi connectivity index (χ1n) is 9.95. The standard InChI is InChI=1S/C20H32N4O4/c1-4-21-20(24-11-7-9-17(15-24)19(25)27-5-2)23-14-16-8-6-10-22-18(16)28-13-12-26-3/h6,8,10,17H,4-5,7,9,11-15H2,1-3H3,(H,21,23). The van der Waals surface area contributed by atoms with Gasteiger partial charge >= 0.3 is 5.97 Å². The number of guanidine groups is 1. The predicted molar refractivity (Wildman–Crippen MR) is 107 cm³/mol. The third-order valence-corrected chi connectivity index (χ3v) is 4.45. The molecule has 1 aliphatic rings. The summed E-state index contributed by atoms with van der Waals surface area (Å²) in [5.41, 5.74) is 0.910. The number of rotatable bonds is 9. The van der Waals surface area contributed by atoms with Crippen molar-refractivity contribution < 1.29 is 19.0 Å². The Morgan fingerprint density at radius 2 is 2.25 bits per heavy atom. The normalized spacial score (nSPS) is 17.3. The Balaban J connectivity index is 2.07. The summed E-state index contributed by atoms with van der Waals surface area (Å²) in [6, 6.07) is 3.83. The fourth-order valence-corrected chi connectivity index (χ4v) is 3.10. The van der Waals surface area contributed by atoms with Gasteiger partial charge in [0.25, 0.3) is 0 Å². The topological polar surface area (TPSA) is 85.3 Å². The summed E-state index contributed by atoms with van der Waals surface area (Å²) in [5, 5.41) is 3.33. The maximum atomic E-state index is 12.1. The summed E-state index contributed by atoms with van der Waals surface area (Å²) >= 11 is 0. The van der Waals surface area contributed by atoms with Crippen LogP contribution in [-0.4, -0.2) is 68.4 Å². The highest BCUT2D eigenvalue weighted by Crippen LogP contribution is 2.19. The first-order chi connectivity index (χ1) is 13.7. The Kier molecular flexibility index (Phi) is 9.54. The lowest BCUT2D eigenvalue weighted by atomic mass is 9.98. The molecule has 0 aromatic carbocycles. The van der Waals surface area contributed by atoms with Gasteiger partial charge < -0.3 is 24.4 Å². The van der Waals surface area contributed by atoms with E-state index in [1.54, 1.807) is 13.3 Å².